The van der Waals surface area contributed by atoms with Crippen LogP contribution in [-0.4, -0.2) is 45.9 Å². The van der Waals surface area contributed by atoms with Crippen LogP contribution >= 0.6 is 0 Å². The fourth-order valence-electron chi connectivity index (χ4n) is 3.71. The van der Waals surface area contributed by atoms with Crippen LogP contribution in [0, 0.1) is 0 Å². The molecule has 1 aromatic heterocycles. The normalized spacial score (nSPS) is 11.7. The number of Topliss-reactive ketones (excluding diaryl/α,β-unsaturated/α-hetero) is 1. The van der Waals surface area contributed by atoms with Gasteiger partial charge < -0.3 is 25.5 Å². The highest BCUT2D eigenvalue weighted by Gasteiger charge is 2.27. The molecule has 33 heavy (non-hydrogen) atoms. The van der Waals surface area contributed by atoms with E-state index in [0.717, 1.165) is 5.56 Å². The number of hydrogen-bond acceptors (Lipinski definition) is 5. The maximum Gasteiger partial charge on any atom is 0.325 e. The van der Waals surface area contributed by atoms with Crippen molar-refractivity contribution in [3.8, 4) is 5.75 Å². The van der Waals surface area contributed by atoms with Gasteiger partial charge in [0.15, 0.2) is 6.61 Å². The predicted molar refractivity (Wildman–Crippen MR) is 121 cm³/mol. The van der Waals surface area contributed by atoms with E-state index >= 15 is 0 Å². The quantitative estimate of drug-likeness (QED) is 0.318. The maximum atomic E-state index is 12.8. The Morgan fingerprint density at radius 2 is 1.79 bits per heavy atom. The third-order valence-corrected chi connectivity index (χ3v) is 5.24. The van der Waals surface area contributed by atoms with Crippen LogP contribution in [0.3, 0.4) is 0 Å². The molecule has 0 unspecified atom stereocenters. The van der Waals surface area contributed by atoms with Crippen LogP contribution in [0.15, 0.2) is 48.5 Å². The van der Waals surface area contributed by atoms with E-state index in [0.29, 0.717) is 29.6 Å². The summed E-state index contributed by atoms with van der Waals surface area (Å²) < 4.78 is 7.60. The van der Waals surface area contributed by atoms with Gasteiger partial charge in [-0.3, -0.25) is 19.2 Å². The van der Waals surface area contributed by atoms with Crippen LogP contribution in [0.1, 0.15) is 35.5 Å². The highest BCUT2D eigenvalue weighted by molar-refractivity contribution is 6.45. The van der Waals surface area contributed by atoms with E-state index in [1.807, 2.05) is 41.8 Å². The molecule has 0 aliphatic carbocycles. The summed E-state index contributed by atoms with van der Waals surface area (Å²) in [6.45, 7) is 3.19. The first kappa shape index (κ1) is 23.5. The van der Waals surface area contributed by atoms with Gasteiger partial charge >= 0.3 is 5.97 Å². The van der Waals surface area contributed by atoms with Crippen LogP contribution in [0.5, 0.6) is 5.75 Å². The van der Waals surface area contributed by atoms with E-state index in [2.05, 4.69) is 5.32 Å². The second-order valence-electron chi connectivity index (χ2n) is 7.51. The van der Waals surface area contributed by atoms with Gasteiger partial charge in [-0.2, -0.15) is 0 Å². The number of ether oxygens (including phenoxy) is 1. The SMILES string of the molecule is CCc1c(C(=O)C(N)=O)c2c(OCC(=O)N[C@H](C)C(=O)O)cccc2n1Cc1ccccc1. The van der Waals surface area contributed by atoms with Gasteiger partial charge in [0.1, 0.15) is 11.8 Å². The Labute approximate surface area is 190 Å². The Bertz CT molecular complexity index is 1220. The van der Waals surface area contributed by atoms with Crippen molar-refractivity contribution in [1.29, 1.82) is 0 Å². The highest BCUT2D eigenvalue weighted by atomic mass is 16.5. The smallest absolute Gasteiger partial charge is 0.325 e. The topological polar surface area (TPSA) is 141 Å². The number of carboxylic acid groups (broad SMARTS) is 1. The Morgan fingerprint density at radius 3 is 2.39 bits per heavy atom. The molecule has 0 aliphatic rings. The molecule has 0 aliphatic heterocycles. The Kier molecular flexibility index (Phi) is 7.12. The van der Waals surface area contributed by atoms with E-state index in [1.54, 1.807) is 18.2 Å². The van der Waals surface area contributed by atoms with Crippen molar-refractivity contribution in [3.05, 3.63) is 65.4 Å². The first-order chi connectivity index (χ1) is 15.7. The minimum atomic E-state index is -1.18. The monoisotopic (exact) mass is 451 g/mol. The zero-order valence-corrected chi connectivity index (χ0v) is 18.3. The van der Waals surface area contributed by atoms with Gasteiger partial charge in [0.05, 0.1) is 16.5 Å². The van der Waals surface area contributed by atoms with E-state index in [1.165, 1.54) is 6.92 Å². The molecule has 0 saturated carbocycles. The minimum absolute atomic E-state index is 0.144. The summed E-state index contributed by atoms with van der Waals surface area (Å²) in [4.78, 5) is 47.7. The van der Waals surface area contributed by atoms with Gasteiger partial charge in [-0.1, -0.05) is 43.3 Å². The highest BCUT2D eigenvalue weighted by Crippen LogP contribution is 2.35. The number of nitrogens with two attached hydrogens (primary N) is 1. The maximum absolute atomic E-state index is 12.8. The molecular formula is C24H25N3O6. The minimum Gasteiger partial charge on any atom is -0.483 e. The number of rotatable bonds is 10. The number of hydrogen-bond donors (Lipinski definition) is 3. The predicted octanol–water partition coefficient (Wildman–Crippen LogP) is 1.89. The molecule has 172 valence electrons. The average molecular weight is 451 g/mol. The summed E-state index contributed by atoms with van der Waals surface area (Å²) in [7, 11) is 0. The molecule has 0 bridgehead atoms. The summed E-state index contributed by atoms with van der Waals surface area (Å²) in [5.74, 6) is -3.53. The molecule has 0 fully saturated rings. The zero-order chi connectivity index (χ0) is 24.1. The number of carbonyl (C=O) groups is 4. The molecule has 9 heteroatoms. The third-order valence-electron chi connectivity index (χ3n) is 5.24. The van der Waals surface area contributed by atoms with Crippen LogP contribution < -0.4 is 15.8 Å². The average Bonchev–Trinajstić information content (AvgIpc) is 3.11. The van der Waals surface area contributed by atoms with Crippen molar-refractivity contribution >= 4 is 34.5 Å². The van der Waals surface area contributed by atoms with Crippen molar-refractivity contribution in [2.75, 3.05) is 6.61 Å². The van der Waals surface area contributed by atoms with Crippen molar-refractivity contribution in [2.24, 2.45) is 5.73 Å². The largest absolute Gasteiger partial charge is 0.483 e. The lowest BCUT2D eigenvalue weighted by atomic mass is 10.0. The lowest BCUT2D eigenvalue weighted by Gasteiger charge is -2.12. The number of ketones is 1. The van der Waals surface area contributed by atoms with Gasteiger partial charge in [-0.25, -0.2) is 0 Å². The van der Waals surface area contributed by atoms with Gasteiger partial charge in [0, 0.05) is 12.2 Å². The van der Waals surface area contributed by atoms with Crippen LogP contribution in [0.4, 0.5) is 0 Å². The first-order valence-corrected chi connectivity index (χ1v) is 10.4. The van der Waals surface area contributed by atoms with E-state index in [9.17, 15) is 19.2 Å². The Balaban J connectivity index is 2.08. The lowest BCUT2D eigenvalue weighted by molar-refractivity contribution is -0.141. The van der Waals surface area contributed by atoms with Gasteiger partial charge in [-0.05, 0) is 31.0 Å². The summed E-state index contributed by atoms with van der Waals surface area (Å²) in [5, 5.41) is 11.6. The third kappa shape index (κ3) is 5.03. The standard InChI is InChI=1S/C24H25N3O6/c1-3-16-21(22(29)23(25)30)20-17(27(16)12-15-8-5-4-6-9-15)10-7-11-18(20)33-13-19(28)26-14(2)24(31)32/h4-11,14H,3,12-13H2,1-2H3,(H2,25,30)(H,26,28)(H,31,32)/t14-/m1/s1. The molecule has 4 N–H and O–H groups in total. The van der Waals surface area contributed by atoms with Gasteiger partial charge in [0.25, 0.3) is 17.6 Å². The zero-order valence-electron chi connectivity index (χ0n) is 18.3. The number of benzene rings is 2. The van der Waals surface area contributed by atoms with E-state index in [-0.39, 0.29) is 11.3 Å². The number of nitrogens with one attached hydrogen (secondary N) is 1. The van der Waals surface area contributed by atoms with Crippen molar-refractivity contribution in [1.82, 2.24) is 9.88 Å². The number of amides is 2. The first-order valence-electron chi connectivity index (χ1n) is 10.4. The fraction of sp³-hybridized carbons (Fsp3) is 0.250. The number of carbonyl (C=O) groups excluding carboxylic acids is 3. The summed E-state index contributed by atoms with van der Waals surface area (Å²) in [6, 6.07) is 13.7. The number of aromatic nitrogens is 1. The molecule has 2 aromatic carbocycles. The summed E-state index contributed by atoms with van der Waals surface area (Å²) in [5.41, 5.74) is 7.75. The van der Waals surface area contributed by atoms with Gasteiger partial charge in [-0.15, -0.1) is 0 Å². The molecule has 0 radical (unpaired) electrons. The Morgan fingerprint density at radius 1 is 1.09 bits per heavy atom. The molecular weight excluding hydrogens is 426 g/mol. The summed E-state index contributed by atoms with van der Waals surface area (Å²) in [6.07, 6.45) is 0.450. The molecule has 3 aromatic rings. The summed E-state index contributed by atoms with van der Waals surface area (Å²) >= 11 is 0. The van der Waals surface area contributed by atoms with Crippen molar-refractivity contribution < 1.29 is 29.0 Å². The lowest BCUT2D eigenvalue weighted by Crippen LogP contribution is -2.40. The van der Waals surface area contributed by atoms with Crippen LogP contribution in [-0.2, 0) is 27.3 Å². The molecule has 1 heterocycles. The fourth-order valence-corrected chi connectivity index (χ4v) is 3.71. The molecule has 0 saturated heterocycles. The number of nitrogens with zero attached hydrogens (tertiary/aromatic N) is 1. The number of primary amides is 1. The van der Waals surface area contributed by atoms with E-state index < -0.39 is 36.2 Å². The van der Waals surface area contributed by atoms with Crippen molar-refractivity contribution in [2.45, 2.75) is 32.9 Å². The molecule has 2 amide bonds. The van der Waals surface area contributed by atoms with Crippen molar-refractivity contribution in [3.63, 3.8) is 0 Å². The molecule has 3 rings (SSSR count). The molecule has 1 atom stereocenters. The second kappa shape index (κ2) is 9.99. The van der Waals surface area contributed by atoms with Gasteiger partial charge in [0.2, 0.25) is 0 Å². The second-order valence-corrected chi connectivity index (χ2v) is 7.51. The number of aliphatic carboxylic acids is 1. The molecule has 9 nitrogen and oxygen atoms in total. The molecule has 0 spiro atoms. The van der Waals surface area contributed by atoms with Crippen LogP contribution in [0.25, 0.3) is 10.9 Å². The number of fused-ring (bicyclic) bond motifs is 1. The van der Waals surface area contributed by atoms with E-state index in [4.69, 9.17) is 15.6 Å². The van der Waals surface area contributed by atoms with Crippen LogP contribution in [0.2, 0.25) is 0 Å². The Hall–Kier alpha value is -4.14. The number of carboxylic acids is 1.